The van der Waals surface area contributed by atoms with Crippen LogP contribution in [0.1, 0.15) is 81.1 Å². The summed E-state index contributed by atoms with van der Waals surface area (Å²) in [7, 11) is 0. The number of nitrogens with one attached hydrogen (secondary N) is 1. The predicted octanol–water partition coefficient (Wildman–Crippen LogP) is 5.50. The molecule has 0 unspecified atom stereocenters. The van der Waals surface area contributed by atoms with Gasteiger partial charge in [-0.3, -0.25) is 0 Å². The lowest BCUT2D eigenvalue weighted by atomic mass is 9.84. The molecule has 0 radical (unpaired) electrons. The van der Waals surface area contributed by atoms with Crippen LogP contribution >= 0.6 is 0 Å². The molecule has 1 heteroatoms. The van der Waals surface area contributed by atoms with Crippen LogP contribution in [0.15, 0.2) is 0 Å². The van der Waals surface area contributed by atoms with Crippen molar-refractivity contribution in [3.05, 3.63) is 0 Å². The van der Waals surface area contributed by atoms with Gasteiger partial charge in [0, 0.05) is 0 Å². The average molecular weight is 270 g/mol. The van der Waals surface area contributed by atoms with Crippen molar-refractivity contribution < 1.29 is 0 Å². The standard InChI is InChI=1S/C18H39N/c1-15(13-17(3,4)5)9-11-19-12-10-16(2)14-18(6,7)8/h15-16,19H,9-14H2,1-8H3/t15-,16-/m1/s1. The largest absolute Gasteiger partial charge is 0.317 e. The van der Waals surface area contributed by atoms with Gasteiger partial charge in [-0.15, -0.1) is 0 Å². The molecule has 0 rings (SSSR count). The second kappa shape index (κ2) is 8.29. The monoisotopic (exact) mass is 269 g/mol. The lowest BCUT2D eigenvalue weighted by Gasteiger charge is -2.24. The summed E-state index contributed by atoms with van der Waals surface area (Å²) in [4.78, 5) is 0. The zero-order chi connectivity index (χ0) is 15.1. The highest BCUT2D eigenvalue weighted by atomic mass is 14.8. The third kappa shape index (κ3) is 14.2. The van der Waals surface area contributed by atoms with Crippen molar-refractivity contribution in [2.45, 2.75) is 81.1 Å². The Morgan fingerprint density at radius 3 is 1.26 bits per heavy atom. The van der Waals surface area contributed by atoms with Crippen molar-refractivity contribution in [2.75, 3.05) is 13.1 Å². The minimum Gasteiger partial charge on any atom is -0.317 e. The molecular formula is C18H39N. The van der Waals surface area contributed by atoms with Crippen LogP contribution < -0.4 is 5.32 Å². The average Bonchev–Trinajstić information content (AvgIpc) is 2.10. The first-order valence-electron chi connectivity index (χ1n) is 8.20. The van der Waals surface area contributed by atoms with Gasteiger partial charge in [0.2, 0.25) is 0 Å². The van der Waals surface area contributed by atoms with Crippen molar-refractivity contribution in [3.8, 4) is 0 Å². The molecule has 0 bridgehead atoms. The van der Waals surface area contributed by atoms with Gasteiger partial charge in [-0.05, 0) is 61.4 Å². The van der Waals surface area contributed by atoms with Gasteiger partial charge >= 0.3 is 0 Å². The van der Waals surface area contributed by atoms with Gasteiger partial charge < -0.3 is 5.32 Å². The first kappa shape index (κ1) is 19.0. The van der Waals surface area contributed by atoms with Gasteiger partial charge in [-0.25, -0.2) is 0 Å². The maximum absolute atomic E-state index is 3.62. The molecule has 0 aromatic heterocycles. The second-order valence-electron chi connectivity index (χ2n) is 9.07. The lowest BCUT2D eigenvalue weighted by Crippen LogP contribution is -2.23. The normalized spacial score (nSPS) is 16.4. The second-order valence-corrected chi connectivity index (χ2v) is 9.07. The van der Waals surface area contributed by atoms with Crippen LogP contribution in [-0.2, 0) is 0 Å². The van der Waals surface area contributed by atoms with E-state index in [4.69, 9.17) is 0 Å². The van der Waals surface area contributed by atoms with E-state index in [0.29, 0.717) is 10.8 Å². The summed E-state index contributed by atoms with van der Waals surface area (Å²) in [5.74, 6) is 1.67. The SMILES string of the molecule is C[C@H](CCNCC[C@@H](C)CC(C)(C)C)CC(C)(C)C. The predicted molar refractivity (Wildman–Crippen MR) is 88.6 cm³/mol. The molecule has 0 aliphatic carbocycles. The maximum Gasteiger partial charge on any atom is -0.00464 e. The van der Waals surface area contributed by atoms with Crippen molar-refractivity contribution in [1.82, 2.24) is 5.32 Å². The Bertz CT molecular complexity index is 195. The van der Waals surface area contributed by atoms with Gasteiger partial charge in [0.1, 0.15) is 0 Å². The molecular weight excluding hydrogens is 230 g/mol. The van der Waals surface area contributed by atoms with Crippen LogP contribution in [-0.4, -0.2) is 13.1 Å². The molecule has 1 nitrogen and oxygen atoms in total. The third-order valence-electron chi connectivity index (χ3n) is 3.55. The van der Waals surface area contributed by atoms with E-state index in [-0.39, 0.29) is 0 Å². The third-order valence-corrected chi connectivity index (χ3v) is 3.55. The van der Waals surface area contributed by atoms with E-state index in [1.807, 2.05) is 0 Å². The Morgan fingerprint density at radius 2 is 1.00 bits per heavy atom. The molecule has 2 atom stereocenters. The van der Waals surface area contributed by atoms with E-state index in [0.717, 1.165) is 11.8 Å². The van der Waals surface area contributed by atoms with E-state index in [1.165, 1.54) is 38.8 Å². The van der Waals surface area contributed by atoms with E-state index >= 15 is 0 Å². The molecule has 0 saturated carbocycles. The van der Waals surface area contributed by atoms with E-state index < -0.39 is 0 Å². The molecule has 0 fully saturated rings. The molecule has 0 aliphatic heterocycles. The van der Waals surface area contributed by atoms with Gasteiger partial charge in [-0.1, -0.05) is 55.4 Å². The van der Waals surface area contributed by atoms with E-state index in [9.17, 15) is 0 Å². The first-order valence-corrected chi connectivity index (χ1v) is 8.20. The fourth-order valence-corrected chi connectivity index (χ4v) is 3.12. The molecule has 116 valence electrons. The topological polar surface area (TPSA) is 12.0 Å². The van der Waals surface area contributed by atoms with Gasteiger partial charge in [-0.2, -0.15) is 0 Å². The summed E-state index contributed by atoms with van der Waals surface area (Å²) in [5.41, 5.74) is 0.946. The van der Waals surface area contributed by atoms with Crippen molar-refractivity contribution >= 4 is 0 Å². The minimum absolute atomic E-state index is 0.473. The van der Waals surface area contributed by atoms with Crippen molar-refractivity contribution in [2.24, 2.45) is 22.7 Å². The highest BCUT2D eigenvalue weighted by Gasteiger charge is 2.16. The molecule has 0 heterocycles. The Morgan fingerprint density at radius 1 is 0.684 bits per heavy atom. The summed E-state index contributed by atoms with van der Waals surface area (Å²) >= 11 is 0. The highest BCUT2D eigenvalue weighted by molar-refractivity contribution is 4.69. The van der Waals surface area contributed by atoms with Crippen LogP contribution in [0, 0.1) is 22.7 Å². The van der Waals surface area contributed by atoms with Crippen molar-refractivity contribution in [3.63, 3.8) is 0 Å². The summed E-state index contributed by atoms with van der Waals surface area (Å²) in [6, 6.07) is 0. The zero-order valence-corrected chi connectivity index (χ0v) is 14.9. The fourth-order valence-electron chi connectivity index (χ4n) is 3.12. The molecule has 0 spiro atoms. The minimum atomic E-state index is 0.473. The number of hydrogen-bond donors (Lipinski definition) is 1. The van der Waals surface area contributed by atoms with Crippen LogP contribution in [0.4, 0.5) is 0 Å². The quantitative estimate of drug-likeness (QED) is 0.574. The Labute approximate surface area is 122 Å². The molecule has 0 amide bonds. The molecule has 19 heavy (non-hydrogen) atoms. The first-order chi connectivity index (χ1) is 8.49. The molecule has 0 aromatic rings. The number of rotatable bonds is 8. The van der Waals surface area contributed by atoms with Gasteiger partial charge in [0.25, 0.3) is 0 Å². The van der Waals surface area contributed by atoms with Crippen LogP contribution in [0.25, 0.3) is 0 Å². The summed E-state index contributed by atoms with van der Waals surface area (Å²) in [6.07, 6.45) is 5.28. The molecule has 0 aliphatic rings. The van der Waals surface area contributed by atoms with Gasteiger partial charge in [0.15, 0.2) is 0 Å². The summed E-state index contributed by atoms with van der Waals surface area (Å²) in [6.45, 7) is 21.2. The summed E-state index contributed by atoms with van der Waals surface area (Å²) < 4.78 is 0. The Hall–Kier alpha value is -0.0400. The molecule has 0 aromatic carbocycles. The van der Waals surface area contributed by atoms with Gasteiger partial charge in [0.05, 0.1) is 0 Å². The smallest absolute Gasteiger partial charge is 0.00464 e. The zero-order valence-electron chi connectivity index (χ0n) is 14.9. The Balaban J connectivity index is 3.55. The lowest BCUT2D eigenvalue weighted by molar-refractivity contribution is 0.286. The van der Waals surface area contributed by atoms with E-state index in [1.54, 1.807) is 0 Å². The summed E-state index contributed by atoms with van der Waals surface area (Å²) in [5, 5.41) is 3.62. The number of hydrogen-bond acceptors (Lipinski definition) is 1. The Kier molecular flexibility index (Phi) is 8.27. The van der Waals surface area contributed by atoms with Crippen LogP contribution in [0.5, 0.6) is 0 Å². The highest BCUT2D eigenvalue weighted by Crippen LogP contribution is 2.26. The molecule has 0 saturated heterocycles. The molecule has 1 N–H and O–H groups in total. The van der Waals surface area contributed by atoms with Crippen LogP contribution in [0.3, 0.4) is 0 Å². The fraction of sp³-hybridized carbons (Fsp3) is 1.00. The van der Waals surface area contributed by atoms with E-state index in [2.05, 4.69) is 60.7 Å². The van der Waals surface area contributed by atoms with Crippen molar-refractivity contribution in [1.29, 1.82) is 0 Å². The maximum atomic E-state index is 3.62. The van der Waals surface area contributed by atoms with Crippen LogP contribution in [0.2, 0.25) is 0 Å².